The molecule has 0 amide bonds. The van der Waals surface area contributed by atoms with Crippen molar-refractivity contribution in [3.8, 4) is 0 Å². The highest BCUT2D eigenvalue weighted by Crippen LogP contribution is 2.30. The number of hydrogen-bond donors (Lipinski definition) is 0. The van der Waals surface area contributed by atoms with Gasteiger partial charge in [0.2, 0.25) is 0 Å². The van der Waals surface area contributed by atoms with Crippen LogP contribution in [-0.4, -0.2) is 19.5 Å². The molecule has 2 nitrogen and oxygen atoms in total. The van der Waals surface area contributed by atoms with E-state index in [2.05, 4.69) is 25.1 Å². The maximum absolute atomic E-state index is 11.3. The second-order valence-corrected chi connectivity index (χ2v) is 4.53. The average Bonchev–Trinajstić information content (AvgIpc) is 2.31. The number of hydrogen-bond acceptors (Lipinski definition) is 2. The summed E-state index contributed by atoms with van der Waals surface area (Å²) in [6.45, 7) is 3.65. The molecule has 1 heterocycles. The molecule has 16 heavy (non-hydrogen) atoms. The molecule has 1 aromatic carbocycles. The fourth-order valence-electron chi connectivity index (χ4n) is 2.41. The van der Waals surface area contributed by atoms with Crippen molar-refractivity contribution in [1.29, 1.82) is 0 Å². The number of ether oxygens (including phenoxy) is 1. The van der Waals surface area contributed by atoms with Crippen molar-refractivity contribution in [3.05, 3.63) is 35.4 Å². The lowest BCUT2D eigenvalue weighted by Crippen LogP contribution is -2.23. The molecule has 1 aromatic rings. The lowest BCUT2D eigenvalue weighted by molar-refractivity contribution is -0.110. The molecule has 1 atom stereocenters. The van der Waals surface area contributed by atoms with Crippen LogP contribution in [0.1, 0.15) is 29.9 Å². The summed E-state index contributed by atoms with van der Waals surface area (Å²) >= 11 is 0. The van der Waals surface area contributed by atoms with E-state index < -0.39 is 0 Å². The molecule has 0 bridgehead atoms. The molecule has 86 valence electrons. The van der Waals surface area contributed by atoms with E-state index in [0.717, 1.165) is 37.9 Å². The van der Waals surface area contributed by atoms with Gasteiger partial charge in [0.25, 0.3) is 0 Å². The predicted molar refractivity (Wildman–Crippen MR) is 63.5 cm³/mol. The van der Waals surface area contributed by atoms with Crippen molar-refractivity contribution in [2.24, 2.45) is 5.92 Å². The van der Waals surface area contributed by atoms with Crippen molar-refractivity contribution in [2.45, 2.75) is 25.7 Å². The zero-order valence-corrected chi connectivity index (χ0v) is 9.69. The Hall–Kier alpha value is -1.15. The normalized spacial score (nSPS) is 19.3. The Morgan fingerprint density at radius 1 is 1.38 bits per heavy atom. The van der Waals surface area contributed by atoms with Crippen molar-refractivity contribution in [3.63, 3.8) is 0 Å². The minimum Gasteiger partial charge on any atom is -0.381 e. The van der Waals surface area contributed by atoms with Crippen LogP contribution in [0.25, 0.3) is 0 Å². The standard InChI is InChI=1S/C14H18O2/c1-11-3-2-4-13(9-11)14(10-15)12-5-7-16-8-6-12/h2-4,9-10,12,14H,5-8H2,1H3. The van der Waals surface area contributed by atoms with Crippen LogP contribution in [0.4, 0.5) is 0 Å². The van der Waals surface area contributed by atoms with E-state index in [-0.39, 0.29) is 5.92 Å². The topological polar surface area (TPSA) is 26.3 Å². The SMILES string of the molecule is Cc1cccc(C(C=O)C2CCOCC2)c1. The molecule has 0 spiro atoms. The van der Waals surface area contributed by atoms with E-state index in [1.165, 1.54) is 5.56 Å². The molecule has 2 heteroatoms. The molecule has 0 radical (unpaired) electrons. The number of aldehydes is 1. The third kappa shape index (κ3) is 2.50. The minimum atomic E-state index is 0.0452. The van der Waals surface area contributed by atoms with Gasteiger partial charge in [-0.15, -0.1) is 0 Å². The first-order valence-electron chi connectivity index (χ1n) is 5.91. The molecule has 2 rings (SSSR count). The van der Waals surface area contributed by atoms with Gasteiger partial charge in [-0.25, -0.2) is 0 Å². The van der Waals surface area contributed by atoms with E-state index in [0.29, 0.717) is 5.92 Å². The van der Waals surface area contributed by atoms with E-state index in [1.807, 2.05) is 6.07 Å². The Balaban J connectivity index is 2.17. The molecule has 0 N–H and O–H groups in total. The van der Waals surface area contributed by atoms with E-state index >= 15 is 0 Å². The zero-order valence-electron chi connectivity index (χ0n) is 9.69. The van der Waals surface area contributed by atoms with Gasteiger partial charge < -0.3 is 9.53 Å². The average molecular weight is 218 g/mol. The number of benzene rings is 1. The van der Waals surface area contributed by atoms with Crippen LogP contribution in [0.2, 0.25) is 0 Å². The maximum atomic E-state index is 11.3. The summed E-state index contributed by atoms with van der Waals surface area (Å²) in [7, 11) is 0. The van der Waals surface area contributed by atoms with Crippen LogP contribution in [0.15, 0.2) is 24.3 Å². The van der Waals surface area contributed by atoms with Crippen LogP contribution < -0.4 is 0 Å². The first-order valence-corrected chi connectivity index (χ1v) is 5.91. The number of carbonyl (C=O) groups excluding carboxylic acids is 1. The summed E-state index contributed by atoms with van der Waals surface area (Å²) in [5, 5.41) is 0. The van der Waals surface area contributed by atoms with Gasteiger partial charge in [-0.3, -0.25) is 0 Å². The van der Waals surface area contributed by atoms with Crippen molar-refractivity contribution in [2.75, 3.05) is 13.2 Å². The smallest absolute Gasteiger partial charge is 0.127 e. The van der Waals surface area contributed by atoms with Crippen molar-refractivity contribution < 1.29 is 9.53 Å². The van der Waals surface area contributed by atoms with Crippen LogP contribution in [0, 0.1) is 12.8 Å². The van der Waals surface area contributed by atoms with Gasteiger partial charge in [0, 0.05) is 19.1 Å². The fraction of sp³-hybridized carbons (Fsp3) is 0.500. The number of rotatable bonds is 3. The van der Waals surface area contributed by atoms with Crippen LogP contribution in [0.5, 0.6) is 0 Å². The monoisotopic (exact) mass is 218 g/mol. The van der Waals surface area contributed by atoms with E-state index in [9.17, 15) is 4.79 Å². The molecule has 0 aromatic heterocycles. The lowest BCUT2D eigenvalue weighted by atomic mass is 9.82. The largest absolute Gasteiger partial charge is 0.381 e. The third-order valence-electron chi connectivity index (χ3n) is 3.35. The fourth-order valence-corrected chi connectivity index (χ4v) is 2.41. The van der Waals surface area contributed by atoms with Gasteiger partial charge in [0.1, 0.15) is 6.29 Å². The van der Waals surface area contributed by atoms with Crippen molar-refractivity contribution in [1.82, 2.24) is 0 Å². The van der Waals surface area contributed by atoms with Crippen LogP contribution in [-0.2, 0) is 9.53 Å². The molecule has 1 unspecified atom stereocenters. The molecule has 1 aliphatic rings. The Morgan fingerprint density at radius 2 is 2.12 bits per heavy atom. The highest BCUT2D eigenvalue weighted by atomic mass is 16.5. The molecule has 0 saturated carbocycles. The molecule has 0 aliphatic carbocycles. The highest BCUT2D eigenvalue weighted by molar-refractivity contribution is 5.63. The summed E-state index contributed by atoms with van der Waals surface area (Å²) in [5.41, 5.74) is 2.37. The van der Waals surface area contributed by atoms with Gasteiger partial charge in [-0.2, -0.15) is 0 Å². The molecular formula is C14H18O2. The summed E-state index contributed by atoms with van der Waals surface area (Å²) in [6, 6.07) is 8.27. The molecule has 1 saturated heterocycles. The van der Waals surface area contributed by atoms with Gasteiger partial charge in [-0.1, -0.05) is 29.8 Å². The molecular weight excluding hydrogens is 200 g/mol. The summed E-state index contributed by atoms with van der Waals surface area (Å²) in [6.07, 6.45) is 3.10. The number of aryl methyl sites for hydroxylation is 1. The molecule has 1 fully saturated rings. The van der Waals surface area contributed by atoms with Crippen molar-refractivity contribution >= 4 is 6.29 Å². The second kappa shape index (κ2) is 5.26. The van der Waals surface area contributed by atoms with Gasteiger partial charge in [0.15, 0.2) is 0 Å². The van der Waals surface area contributed by atoms with E-state index in [1.54, 1.807) is 0 Å². The van der Waals surface area contributed by atoms with Crippen LogP contribution >= 0.6 is 0 Å². The summed E-state index contributed by atoms with van der Waals surface area (Å²) < 4.78 is 5.34. The van der Waals surface area contributed by atoms with E-state index in [4.69, 9.17) is 4.74 Å². The predicted octanol–water partition coefficient (Wildman–Crippen LogP) is 2.70. The lowest BCUT2D eigenvalue weighted by Gasteiger charge is -2.27. The highest BCUT2D eigenvalue weighted by Gasteiger charge is 2.24. The maximum Gasteiger partial charge on any atom is 0.127 e. The zero-order chi connectivity index (χ0) is 11.4. The third-order valence-corrected chi connectivity index (χ3v) is 3.35. The van der Waals surface area contributed by atoms with Gasteiger partial charge in [-0.05, 0) is 31.2 Å². The molecule has 1 aliphatic heterocycles. The quantitative estimate of drug-likeness (QED) is 0.729. The first-order chi connectivity index (χ1) is 7.81. The summed E-state index contributed by atoms with van der Waals surface area (Å²) in [5.74, 6) is 0.497. The van der Waals surface area contributed by atoms with Gasteiger partial charge >= 0.3 is 0 Å². The first kappa shape index (κ1) is 11.3. The minimum absolute atomic E-state index is 0.0452. The van der Waals surface area contributed by atoms with Crippen LogP contribution in [0.3, 0.4) is 0 Å². The second-order valence-electron chi connectivity index (χ2n) is 4.53. The Kier molecular flexibility index (Phi) is 3.73. The summed E-state index contributed by atoms with van der Waals surface area (Å²) in [4.78, 5) is 11.3. The van der Waals surface area contributed by atoms with Gasteiger partial charge in [0.05, 0.1) is 0 Å². The Labute approximate surface area is 96.6 Å². The Morgan fingerprint density at radius 3 is 2.75 bits per heavy atom. The Bertz CT molecular complexity index is 354. The number of carbonyl (C=O) groups is 1.